The zero-order valence-electron chi connectivity index (χ0n) is 11.8. The number of carboxylic acid groups (broad SMARTS) is 1. The molecule has 0 aliphatic heterocycles. The van der Waals surface area contributed by atoms with Gasteiger partial charge in [-0.25, -0.2) is 9.18 Å². The minimum Gasteiger partial charge on any atom is -0.480 e. The molecule has 0 bridgehead atoms. The number of hydrogen-bond donors (Lipinski definition) is 2. The number of methoxy groups -OCH3 is 1. The maximum absolute atomic E-state index is 13.0. The van der Waals surface area contributed by atoms with Gasteiger partial charge in [0.05, 0.1) is 5.41 Å². The van der Waals surface area contributed by atoms with Gasteiger partial charge in [0, 0.05) is 20.1 Å². The van der Waals surface area contributed by atoms with E-state index in [1.165, 1.54) is 19.2 Å². The Morgan fingerprint density at radius 2 is 2.00 bits per heavy atom. The van der Waals surface area contributed by atoms with Gasteiger partial charge in [-0.1, -0.05) is 12.1 Å². The zero-order chi connectivity index (χ0) is 15.5. The van der Waals surface area contributed by atoms with Gasteiger partial charge in [0.2, 0.25) is 5.91 Å². The van der Waals surface area contributed by atoms with Gasteiger partial charge in [0.25, 0.3) is 0 Å². The van der Waals surface area contributed by atoms with Crippen LogP contribution in [0.15, 0.2) is 24.3 Å². The minimum atomic E-state index is -1.09. The average Bonchev–Trinajstić information content (AvgIpc) is 3.25. The number of amides is 1. The average molecular weight is 295 g/mol. The fraction of sp³-hybridized carbons (Fsp3) is 0.467. The summed E-state index contributed by atoms with van der Waals surface area (Å²) in [6, 6.07) is 4.79. The standard InChI is InChI=1S/C15H18FNO4/c1-21-9-6-12(13(18)19)17-14(20)15(7-8-15)10-2-4-11(16)5-3-10/h2-5,12H,6-9H2,1H3,(H,17,20)(H,18,19). The van der Waals surface area contributed by atoms with Crippen molar-refractivity contribution in [3.05, 3.63) is 35.6 Å². The summed E-state index contributed by atoms with van der Waals surface area (Å²) in [6.45, 7) is 0.251. The summed E-state index contributed by atoms with van der Waals surface area (Å²) in [5, 5.41) is 11.7. The summed E-state index contributed by atoms with van der Waals surface area (Å²) in [5.74, 6) is -1.77. The van der Waals surface area contributed by atoms with Crippen LogP contribution in [-0.2, 0) is 19.7 Å². The van der Waals surface area contributed by atoms with Crippen LogP contribution in [0.4, 0.5) is 4.39 Å². The van der Waals surface area contributed by atoms with Crippen molar-refractivity contribution in [1.82, 2.24) is 5.32 Å². The lowest BCUT2D eigenvalue weighted by Crippen LogP contribution is -2.46. The fourth-order valence-corrected chi connectivity index (χ4v) is 2.33. The van der Waals surface area contributed by atoms with Crippen molar-refractivity contribution in [2.24, 2.45) is 0 Å². The topological polar surface area (TPSA) is 75.6 Å². The number of nitrogens with one attached hydrogen (secondary N) is 1. The summed E-state index contributed by atoms with van der Waals surface area (Å²) in [4.78, 5) is 23.5. The van der Waals surface area contributed by atoms with E-state index in [2.05, 4.69) is 5.32 Å². The molecule has 21 heavy (non-hydrogen) atoms. The van der Waals surface area contributed by atoms with Crippen LogP contribution in [0, 0.1) is 5.82 Å². The molecule has 1 fully saturated rings. The number of halogens is 1. The molecule has 0 radical (unpaired) electrons. The largest absolute Gasteiger partial charge is 0.480 e. The molecule has 2 N–H and O–H groups in total. The zero-order valence-corrected chi connectivity index (χ0v) is 11.8. The van der Waals surface area contributed by atoms with E-state index in [1.54, 1.807) is 12.1 Å². The number of benzene rings is 1. The lowest BCUT2D eigenvalue weighted by molar-refractivity contribution is -0.142. The summed E-state index contributed by atoms with van der Waals surface area (Å²) in [5.41, 5.74) is 0.00589. The van der Waals surface area contributed by atoms with Crippen LogP contribution in [-0.4, -0.2) is 36.7 Å². The highest BCUT2D eigenvalue weighted by atomic mass is 19.1. The van der Waals surface area contributed by atoms with Gasteiger partial charge in [-0.15, -0.1) is 0 Å². The first-order valence-corrected chi connectivity index (χ1v) is 6.78. The van der Waals surface area contributed by atoms with Crippen LogP contribution >= 0.6 is 0 Å². The quantitative estimate of drug-likeness (QED) is 0.798. The molecule has 1 unspecified atom stereocenters. The van der Waals surface area contributed by atoms with Crippen molar-refractivity contribution in [2.45, 2.75) is 30.7 Å². The molecule has 1 aliphatic carbocycles. The number of rotatable bonds is 7. The van der Waals surface area contributed by atoms with Gasteiger partial charge >= 0.3 is 5.97 Å². The molecule has 0 aromatic heterocycles. The first-order valence-electron chi connectivity index (χ1n) is 6.78. The molecule has 2 rings (SSSR count). The van der Waals surface area contributed by atoms with E-state index in [1.807, 2.05) is 0 Å². The Bertz CT molecular complexity index is 525. The van der Waals surface area contributed by atoms with Crippen LogP contribution < -0.4 is 5.32 Å². The monoisotopic (exact) mass is 295 g/mol. The second kappa shape index (κ2) is 6.22. The second-order valence-electron chi connectivity index (χ2n) is 5.23. The van der Waals surface area contributed by atoms with Crippen LogP contribution in [0.25, 0.3) is 0 Å². The summed E-state index contributed by atoms with van der Waals surface area (Å²) >= 11 is 0. The summed E-state index contributed by atoms with van der Waals surface area (Å²) in [7, 11) is 1.47. The third-order valence-electron chi connectivity index (χ3n) is 3.80. The van der Waals surface area contributed by atoms with E-state index in [0.29, 0.717) is 12.8 Å². The highest BCUT2D eigenvalue weighted by molar-refractivity contribution is 5.93. The van der Waals surface area contributed by atoms with Gasteiger partial charge in [0.15, 0.2) is 0 Å². The third-order valence-corrected chi connectivity index (χ3v) is 3.80. The van der Waals surface area contributed by atoms with E-state index in [4.69, 9.17) is 9.84 Å². The minimum absolute atomic E-state index is 0.205. The Kier molecular flexibility index (Phi) is 4.57. The van der Waals surface area contributed by atoms with Crippen LogP contribution in [0.2, 0.25) is 0 Å². The molecule has 1 aromatic rings. The Hall–Kier alpha value is -1.95. The number of carbonyl (C=O) groups is 2. The van der Waals surface area contributed by atoms with Crippen molar-refractivity contribution in [1.29, 1.82) is 0 Å². The number of ether oxygens (including phenoxy) is 1. The van der Waals surface area contributed by atoms with Gasteiger partial charge in [0.1, 0.15) is 11.9 Å². The maximum atomic E-state index is 13.0. The van der Waals surface area contributed by atoms with Gasteiger partial charge < -0.3 is 15.2 Å². The van der Waals surface area contributed by atoms with E-state index in [-0.39, 0.29) is 24.8 Å². The molecular weight excluding hydrogens is 277 g/mol. The van der Waals surface area contributed by atoms with E-state index in [0.717, 1.165) is 5.56 Å². The second-order valence-corrected chi connectivity index (χ2v) is 5.23. The molecule has 1 atom stereocenters. The number of carbonyl (C=O) groups excluding carboxylic acids is 1. The Balaban J connectivity index is 2.08. The maximum Gasteiger partial charge on any atom is 0.326 e. The SMILES string of the molecule is COCCC(NC(=O)C1(c2ccc(F)cc2)CC1)C(=O)O. The van der Waals surface area contributed by atoms with Crippen LogP contribution in [0.3, 0.4) is 0 Å². The first-order chi connectivity index (χ1) is 9.99. The highest BCUT2D eigenvalue weighted by Gasteiger charge is 2.51. The Morgan fingerprint density at radius 3 is 2.48 bits per heavy atom. The Labute approximate surface area is 122 Å². The van der Waals surface area contributed by atoms with Gasteiger partial charge in [-0.3, -0.25) is 4.79 Å². The van der Waals surface area contributed by atoms with Crippen LogP contribution in [0.5, 0.6) is 0 Å². The van der Waals surface area contributed by atoms with E-state index < -0.39 is 17.4 Å². The molecule has 6 heteroatoms. The lowest BCUT2D eigenvalue weighted by Gasteiger charge is -2.20. The molecule has 0 saturated heterocycles. The van der Waals surface area contributed by atoms with Crippen molar-refractivity contribution >= 4 is 11.9 Å². The molecule has 1 aromatic carbocycles. The van der Waals surface area contributed by atoms with Crippen LogP contribution in [0.1, 0.15) is 24.8 Å². The number of hydrogen-bond acceptors (Lipinski definition) is 3. The molecule has 0 spiro atoms. The van der Waals surface area contributed by atoms with Crippen molar-refractivity contribution in [3.8, 4) is 0 Å². The number of aliphatic carboxylic acids is 1. The number of carboxylic acids is 1. The molecular formula is C15H18FNO4. The molecule has 1 aliphatic rings. The van der Waals surface area contributed by atoms with E-state index >= 15 is 0 Å². The van der Waals surface area contributed by atoms with Gasteiger partial charge in [-0.05, 0) is 30.5 Å². The molecule has 1 amide bonds. The van der Waals surface area contributed by atoms with Crippen molar-refractivity contribution in [3.63, 3.8) is 0 Å². The Morgan fingerprint density at radius 1 is 1.38 bits per heavy atom. The highest BCUT2D eigenvalue weighted by Crippen LogP contribution is 2.48. The normalized spacial score (nSPS) is 17.0. The molecule has 114 valence electrons. The predicted molar refractivity (Wildman–Crippen MR) is 73.4 cm³/mol. The fourth-order valence-electron chi connectivity index (χ4n) is 2.33. The third kappa shape index (κ3) is 3.39. The summed E-state index contributed by atoms with van der Waals surface area (Å²) < 4.78 is 17.8. The van der Waals surface area contributed by atoms with Crippen molar-refractivity contribution < 1.29 is 23.8 Å². The van der Waals surface area contributed by atoms with Crippen molar-refractivity contribution in [2.75, 3.05) is 13.7 Å². The smallest absolute Gasteiger partial charge is 0.326 e. The molecule has 1 saturated carbocycles. The molecule has 0 heterocycles. The first kappa shape index (κ1) is 15.4. The predicted octanol–water partition coefficient (Wildman–Crippen LogP) is 1.46. The molecule has 5 nitrogen and oxygen atoms in total. The van der Waals surface area contributed by atoms with Gasteiger partial charge in [-0.2, -0.15) is 0 Å². The lowest BCUT2D eigenvalue weighted by atomic mass is 9.94. The summed E-state index contributed by atoms with van der Waals surface area (Å²) in [6.07, 6.45) is 1.49. The van der Waals surface area contributed by atoms with E-state index in [9.17, 15) is 14.0 Å².